The van der Waals surface area contributed by atoms with Crippen molar-refractivity contribution in [1.82, 2.24) is 4.90 Å². The number of nitrogens with two attached hydrogens (primary N) is 1. The van der Waals surface area contributed by atoms with Crippen LogP contribution >= 0.6 is 0 Å². The number of nitrogens with zero attached hydrogens (tertiary/aromatic N) is 1. The SMILES string of the molecule is Nc1cc2c(cc1NC(=O)CCN1C(=O)CCC1=O)OCO2. The standard InChI is InChI=1S/C14H15N3O5/c15-8-5-10-11(22-7-21-10)6-9(8)16-12(18)3-4-17-13(19)1-2-14(17)20/h5-6H,1-4,7,15H2,(H,16,18). The van der Waals surface area contributed by atoms with Crippen LogP contribution in [0.5, 0.6) is 11.5 Å². The fourth-order valence-corrected chi connectivity index (χ4v) is 2.36. The Morgan fingerprint density at radius 1 is 1.18 bits per heavy atom. The van der Waals surface area contributed by atoms with Crippen molar-refractivity contribution in [3.8, 4) is 11.5 Å². The molecule has 0 atom stereocenters. The molecule has 8 nitrogen and oxygen atoms in total. The summed E-state index contributed by atoms with van der Waals surface area (Å²) in [7, 11) is 0. The van der Waals surface area contributed by atoms with Crippen LogP contribution in [0.3, 0.4) is 0 Å². The number of likely N-dealkylation sites (tertiary alicyclic amines) is 1. The molecule has 3 N–H and O–H groups in total. The van der Waals surface area contributed by atoms with Gasteiger partial charge in [-0.3, -0.25) is 19.3 Å². The van der Waals surface area contributed by atoms with Gasteiger partial charge in [-0.2, -0.15) is 0 Å². The average molecular weight is 305 g/mol. The van der Waals surface area contributed by atoms with E-state index in [4.69, 9.17) is 15.2 Å². The maximum atomic E-state index is 11.9. The van der Waals surface area contributed by atoms with Crippen LogP contribution in [0.4, 0.5) is 11.4 Å². The largest absolute Gasteiger partial charge is 0.454 e. The summed E-state index contributed by atoms with van der Waals surface area (Å²) in [6.45, 7) is 0.194. The molecule has 0 aliphatic carbocycles. The summed E-state index contributed by atoms with van der Waals surface area (Å²) in [5, 5.41) is 2.64. The van der Waals surface area contributed by atoms with E-state index < -0.39 is 0 Å². The van der Waals surface area contributed by atoms with Crippen molar-refractivity contribution in [1.29, 1.82) is 0 Å². The topological polar surface area (TPSA) is 111 Å². The molecule has 0 unspecified atom stereocenters. The predicted molar refractivity (Wildman–Crippen MR) is 76.2 cm³/mol. The summed E-state index contributed by atoms with van der Waals surface area (Å²) < 4.78 is 10.4. The molecular formula is C14H15N3O5. The maximum Gasteiger partial charge on any atom is 0.231 e. The Morgan fingerprint density at radius 3 is 2.50 bits per heavy atom. The van der Waals surface area contributed by atoms with E-state index in [-0.39, 0.29) is 50.3 Å². The minimum atomic E-state index is -0.335. The van der Waals surface area contributed by atoms with Crippen LogP contribution in [0.2, 0.25) is 0 Å². The molecule has 2 heterocycles. The molecule has 8 heteroatoms. The van der Waals surface area contributed by atoms with Gasteiger partial charge in [0.25, 0.3) is 0 Å². The van der Waals surface area contributed by atoms with E-state index in [1.54, 1.807) is 12.1 Å². The fourth-order valence-electron chi connectivity index (χ4n) is 2.36. The number of imide groups is 1. The van der Waals surface area contributed by atoms with Crippen LogP contribution < -0.4 is 20.5 Å². The van der Waals surface area contributed by atoms with Gasteiger partial charge in [-0.05, 0) is 0 Å². The predicted octanol–water partition coefficient (Wildman–Crippen LogP) is 0.475. The molecule has 0 bridgehead atoms. The highest BCUT2D eigenvalue weighted by Crippen LogP contribution is 2.38. The third-order valence-corrected chi connectivity index (χ3v) is 3.54. The van der Waals surface area contributed by atoms with E-state index in [1.165, 1.54) is 0 Å². The number of amides is 3. The van der Waals surface area contributed by atoms with Gasteiger partial charge in [0.05, 0.1) is 11.4 Å². The molecule has 2 aliphatic heterocycles. The first kappa shape index (κ1) is 14.2. The van der Waals surface area contributed by atoms with Crippen LogP contribution in [-0.2, 0) is 14.4 Å². The molecule has 116 valence electrons. The first-order valence-corrected chi connectivity index (χ1v) is 6.87. The maximum absolute atomic E-state index is 11.9. The Balaban J connectivity index is 1.60. The average Bonchev–Trinajstić information content (AvgIpc) is 3.04. The Bertz CT molecular complexity index is 642. The molecule has 2 aliphatic rings. The highest BCUT2D eigenvalue weighted by molar-refractivity contribution is 6.02. The van der Waals surface area contributed by atoms with Gasteiger partial charge in [-0.1, -0.05) is 0 Å². The summed E-state index contributed by atoms with van der Waals surface area (Å²) in [6.07, 6.45) is 0.455. The first-order valence-electron chi connectivity index (χ1n) is 6.87. The summed E-state index contributed by atoms with van der Waals surface area (Å²) in [5.41, 5.74) is 6.60. The van der Waals surface area contributed by atoms with Crippen molar-refractivity contribution in [2.24, 2.45) is 0 Å². The van der Waals surface area contributed by atoms with Crippen molar-refractivity contribution in [2.75, 3.05) is 24.4 Å². The van der Waals surface area contributed by atoms with Crippen LogP contribution in [0.25, 0.3) is 0 Å². The van der Waals surface area contributed by atoms with Crippen LogP contribution in [0.15, 0.2) is 12.1 Å². The van der Waals surface area contributed by atoms with Crippen LogP contribution in [0.1, 0.15) is 19.3 Å². The van der Waals surface area contributed by atoms with Gasteiger partial charge < -0.3 is 20.5 Å². The number of anilines is 2. The van der Waals surface area contributed by atoms with Crippen molar-refractivity contribution in [2.45, 2.75) is 19.3 Å². The summed E-state index contributed by atoms with van der Waals surface area (Å²) in [5.74, 6) is 0.233. The van der Waals surface area contributed by atoms with E-state index >= 15 is 0 Å². The number of benzene rings is 1. The normalized spacial score (nSPS) is 16.3. The number of hydrogen-bond acceptors (Lipinski definition) is 6. The molecule has 3 amide bonds. The van der Waals surface area contributed by atoms with Gasteiger partial charge in [-0.15, -0.1) is 0 Å². The Hall–Kier alpha value is -2.77. The highest BCUT2D eigenvalue weighted by atomic mass is 16.7. The lowest BCUT2D eigenvalue weighted by Gasteiger charge is -2.14. The van der Waals surface area contributed by atoms with Crippen molar-refractivity contribution in [3.05, 3.63) is 12.1 Å². The molecule has 1 fully saturated rings. The number of ether oxygens (including phenoxy) is 2. The Kier molecular flexibility index (Phi) is 3.58. The van der Waals surface area contributed by atoms with Crippen molar-refractivity contribution >= 4 is 29.1 Å². The smallest absolute Gasteiger partial charge is 0.231 e. The van der Waals surface area contributed by atoms with E-state index in [2.05, 4.69) is 5.32 Å². The second-order valence-electron chi connectivity index (χ2n) is 5.03. The van der Waals surface area contributed by atoms with Gasteiger partial charge in [0.2, 0.25) is 24.5 Å². The number of nitrogens with one attached hydrogen (secondary N) is 1. The first-order chi connectivity index (χ1) is 10.5. The zero-order valence-electron chi connectivity index (χ0n) is 11.8. The second-order valence-corrected chi connectivity index (χ2v) is 5.03. The second kappa shape index (κ2) is 5.55. The molecule has 3 rings (SSSR count). The Labute approximate surface area is 126 Å². The van der Waals surface area contributed by atoms with E-state index in [9.17, 15) is 14.4 Å². The molecule has 0 spiro atoms. The molecular weight excluding hydrogens is 290 g/mol. The molecule has 1 aromatic carbocycles. The molecule has 1 saturated heterocycles. The highest BCUT2D eigenvalue weighted by Gasteiger charge is 2.28. The molecule has 0 radical (unpaired) electrons. The van der Waals surface area contributed by atoms with E-state index in [1.807, 2.05) is 0 Å². The van der Waals surface area contributed by atoms with Crippen LogP contribution in [0, 0.1) is 0 Å². The summed E-state index contributed by atoms with van der Waals surface area (Å²) in [4.78, 5) is 36.0. The lowest BCUT2D eigenvalue weighted by atomic mass is 10.2. The van der Waals surface area contributed by atoms with Gasteiger partial charge in [0, 0.05) is 37.9 Å². The number of fused-ring (bicyclic) bond motifs is 1. The minimum absolute atomic E-state index is 0.0192. The fraction of sp³-hybridized carbons (Fsp3) is 0.357. The van der Waals surface area contributed by atoms with Gasteiger partial charge in [-0.25, -0.2) is 0 Å². The summed E-state index contributed by atoms with van der Waals surface area (Å²) in [6, 6.07) is 3.16. The van der Waals surface area contributed by atoms with Gasteiger partial charge >= 0.3 is 0 Å². The molecule has 0 aromatic heterocycles. The molecule has 0 saturated carbocycles. The molecule has 22 heavy (non-hydrogen) atoms. The van der Waals surface area contributed by atoms with Gasteiger partial charge in [0.1, 0.15) is 0 Å². The number of rotatable bonds is 4. The van der Waals surface area contributed by atoms with E-state index in [0.717, 1.165) is 4.90 Å². The van der Waals surface area contributed by atoms with Crippen LogP contribution in [-0.4, -0.2) is 36.0 Å². The minimum Gasteiger partial charge on any atom is -0.454 e. The van der Waals surface area contributed by atoms with Crippen molar-refractivity contribution in [3.63, 3.8) is 0 Å². The lowest BCUT2D eigenvalue weighted by Crippen LogP contribution is -2.32. The quantitative estimate of drug-likeness (QED) is 0.618. The Morgan fingerprint density at radius 2 is 1.82 bits per heavy atom. The summed E-state index contributed by atoms with van der Waals surface area (Å²) >= 11 is 0. The van der Waals surface area contributed by atoms with Crippen molar-refractivity contribution < 1.29 is 23.9 Å². The molecule has 1 aromatic rings. The van der Waals surface area contributed by atoms with Gasteiger partial charge in [0.15, 0.2) is 11.5 Å². The number of nitrogen functional groups attached to an aromatic ring is 1. The third-order valence-electron chi connectivity index (χ3n) is 3.54. The zero-order chi connectivity index (χ0) is 15.7. The monoisotopic (exact) mass is 305 g/mol. The third kappa shape index (κ3) is 2.67. The zero-order valence-corrected chi connectivity index (χ0v) is 11.8. The lowest BCUT2D eigenvalue weighted by molar-refractivity contribution is -0.138. The number of hydrogen-bond donors (Lipinski definition) is 2. The number of carbonyl (C=O) groups is 3. The van der Waals surface area contributed by atoms with E-state index in [0.29, 0.717) is 22.9 Å². The number of carbonyl (C=O) groups excluding carboxylic acids is 3.